The first kappa shape index (κ1) is 25.9. The molecule has 6 heteroatoms. The number of ether oxygens (including phenoxy) is 1. The fourth-order valence-corrected chi connectivity index (χ4v) is 4.35. The molecule has 0 amide bonds. The monoisotopic (exact) mass is 450 g/mol. The van der Waals surface area contributed by atoms with Crippen molar-refractivity contribution in [2.24, 2.45) is 5.92 Å². The van der Waals surface area contributed by atoms with Gasteiger partial charge in [-0.05, 0) is 70.9 Å². The molecule has 2 rings (SSSR count). The van der Waals surface area contributed by atoms with Gasteiger partial charge in [0.2, 0.25) is 0 Å². The van der Waals surface area contributed by atoms with Gasteiger partial charge < -0.3 is 14.9 Å². The van der Waals surface area contributed by atoms with Gasteiger partial charge in [-0.3, -0.25) is 0 Å². The van der Waals surface area contributed by atoms with Gasteiger partial charge in [-0.25, -0.2) is 13.6 Å². The molecule has 1 aromatic rings. The minimum absolute atomic E-state index is 0.0609. The van der Waals surface area contributed by atoms with Gasteiger partial charge in [0, 0.05) is 11.5 Å². The van der Waals surface area contributed by atoms with Crippen molar-refractivity contribution in [2.45, 2.75) is 91.1 Å². The van der Waals surface area contributed by atoms with Crippen LogP contribution in [0.4, 0.5) is 8.78 Å². The summed E-state index contributed by atoms with van der Waals surface area (Å²) >= 11 is 0. The van der Waals surface area contributed by atoms with E-state index in [0.29, 0.717) is 12.0 Å². The van der Waals surface area contributed by atoms with Gasteiger partial charge in [-0.15, -0.1) is 0 Å². The number of carboxylic acid groups (broad SMARTS) is 1. The number of allylic oxidation sites excluding steroid dienone is 3. The van der Waals surface area contributed by atoms with Crippen molar-refractivity contribution < 1.29 is 28.5 Å². The number of hydrogen-bond acceptors (Lipinski definition) is 3. The Morgan fingerprint density at radius 3 is 2.53 bits per heavy atom. The first-order valence-corrected chi connectivity index (χ1v) is 11.3. The van der Waals surface area contributed by atoms with Crippen molar-refractivity contribution in [3.05, 3.63) is 46.6 Å². The third-order valence-corrected chi connectivity index (χ3v) is 6.26. The van der Waals surface area contributed by atoms with Gasteiger partial charge in [-0.1, -0.05) is 43.6 Å². The highest BCUT2D eigenvalue weighted by Gasteiger charge is 2.37. The van der Waals surface area contributed by atoms with E-state index in [1.807, 2.05) is 26.8 Å². The second kappa shape index (κ2) is 10.5. The number of unbranched alkanes of at least 4 members (excludes halogenated alkanes) is 2. The molecule has 0 bridgehead atoms. The molecule has 2 unspecified atom stereocenters. The second-order valence-electron chi connectivity index (χ2n) is 9.47. The Labute approximate surface area is 190 Å². The minimum Gasteiger partial charge on any atom is -0.507 e. The lowest BCUT2D eigenvalue weighted by Crippen LogP contribution is -2.37. The molecule has 0 aromatic heterocycles. The number of aryl methyl sites for hydroxylation is 1. The molecule has 1 aromatic carbocycles. The van der Waals surface area contributed by atoms with Crippen LogP contribution in [0.25, 0.3) is 0 Å². The Morgan fingerprint density at radius 1 is 1.34 bits per heavy atom. The Bertz CT molecular complexity index is 886. The molecular formula is C26H36F2O4. The second-order valence-corrected chi connectivity index (χ2v) is 9.47. The summed E-state index contributed by atoms with van der Waals surface area (Å²) in [7, 11) is 0. The number of carbonyl (C=O) groups is 1. The number of aromatic carboxylic acids is 1. The summed E-state index contributed by atoms with van der Waals surface area (Å²) < 4.78 is 33.2. The van der Waals surface area contributed by atoms with E-state index in [-0.39, 0.29) is 22.8 Å². The molecule has 0 fully saturated rings. The summed E-state index contributed by atoms with van der Waals surface area (Å²) in [4.78, 5) is 12.1. The van der Waals surface area contributed by atoms with E-state index in [0.717, 1.165) is 43.3 Å². The lowest BCUT2D eigenvalue weighted by molar-refractivity contribution is -0.0518. The minimum atomic E-state index is -2.76. The third-order valence-electron chi connectivity index (χ3n) is 6.26. The molecule has 0 spiro atoms. The maximum absolute atomic E-state index is 13.7. The van der Waals surface area contributed by atoms with Crippen LogP contribution in [0.2, 0.25) is 0 Å². The van der Waals surface area contributed by atoms with Gasteiger partial charge in [0.05, 0.1) is 0 Å². The SMILES string of the molecule is C=C(C)C1CCC(C)=CC1c1c(OC(C)(C)C(F)F)cc(CCCCC)c(C(=O)O)c1O. The Balaban J connectivity index is 2.78. The molecule has 1 aliphatic rings. The molecule has 4 nitrogen and oxygen atoms in total. The maximum atomic E-state index is 13.7. The summed E-state index contributed by atoms with van der Waals surface area (Å²) in [5, 5.41) is 21.2. The Hall–Kier alpha value is -2.37. The van der Waals surface area contributed by atoms with Crippen molar-refractivity contribution in [3.63, 3.8) is 0 Å². The standard InChI is InChI=1S/C26H36F2O4/c1-7-8-9-10-17-14-20(32-26(5,6)25(27)28)22(23(29)21(17)24(30)31)19-13-16(4)11-12-18(19)15(2)3/h13-14,18-19,25,29H,2,7-12H2,1,3-6H3,(H,30,31). The number of alkyl halides is 2. The average Bonchev–Trinajstić information content (AvgIpc) is 2.67. The van der Waals surface area contributed by atoms with Crippen molar-refractivity contribution in [1.29, 1.82) is 0 Å². The van der Waals surface area contributed by atoms with Crippen LogP contribution in [0.15, 0.2) is 29.9 Å². The summed E-state index contributed by atoms with van der Waals surface area (Å²) in [6.45, 7) is 12.6. The highest BCUT2D eigenvalue weighted by molar-refractivity contribution is 5.94. The number of phenols is 1. The molecule has 0 heterocycles. The maximum Gasteiger partial charge on any atom is 0.339 e. The molecule has 32 heavy (non-hydrogen) atoms. The molecule has 2 N–H and O–H groups in total. The number of rotatable bonds is 10. The summed E-state index contributed by atoms with van der Waals surface area (Å²) in [6.07, 6.45) is 3.82. The van der Waals surface area contributed by atoms with Crippen molar-refractivity contribution >= 4 is 5.97 Å². The molecule has 0 saturated carbocycles. The summed E-state index contributed by atoms with van der Waals surface area (Å²) in [5.41, 5.74) is 0.656. The van der Waals surface area contributed by atoms with Crippen LogP contribution in [0.1, 0.15) is 94.1 Å². The van der Waals surface area contributed by atoms with Gasteiger partial charge in [0.1, 0.15) is 17.1 Å². The normalized spacial score (nSPS) is 19.1. The fraction of sp³-hybridized carbons (Fsp3) is 0.577. The Morgan fingerprint density at radius 2 is 2.00 bits per heavy atom. The zero-order chi connectivity index (χ0) is 24.2. The van der Waals surface area contributed by atoms with Crippen LogP contribution in [-0.2, 0) is 6.42 Å². The largest absolute Gasteiger partial charge is 0.507 e. The molecular weight excluding hydrogens is 414 g/mol. The number of hydrogen-bond donors (Lipinski definition) is 2. The highest BCUT2D eigenvalue weighted by atomic mass is 19.3. The van der Waals surface area contributed by atoms with E-state index < -0.39 is 29.7 Å². The van der Waals surface area contributed by atoms with E-state index in [1.165, 1.54) is 13.8 Å². The molecule has 0 aliphatic heterocycles. The van der Waals surface area contributed by atoms with E-state index >= 15 is 0 Å². The van der Waals surface area contributed by atoms with Gasteiger partial charge in [-0.2, -0.15) is 0 Å². The van der Waals surface area contributed by atoms with E-state index in [1.54, 1.807) is 6.07 Å². The lowest BCUT2D eigenvalue weighted by atomic mass is 9.73. The van der Waals surface area contributed by atoms with Crippen LogP contribution in [0.3, 0.4) is 0 Å². The number of benzene rings is 1. The lowest BCUT2D eigenvalue weighted by Gasteiger charge is -2.34. The van der Waals surface area contributed by atoms with Crippen LogP contribution < -0.4 is 4.74 Å². The fourth-order valence-electron chi connectivity index (χ4n) is 4.35. The third kappa shape index (κ3) is 5.70. The summed E-state index contributed by atoms with van der Waals surface area (Å²) in [5.74, 6) is -1.99. The van der Waals surface area contributed by atoms with Crippen LogP contribution in [0.5, 0.6) is 11.5 Å². The van der Waals surface area contributed by atoms with E-state index in [4.69, 9.17) is 4.74 Å². The van der Waals surface area contributed by atoms with Crippen LogP contribution in [-0.4, -0.2) is 28.2 Å². The van der Waals surface area contributed by atoms with Gasteiger partial charge in [0.25, 0.3) is 6.43 Å². The first-order valence-electron chi connectivity index (χ1n) is 11.3. The zero-order valence-corrected chi connectivity index (χ0v) is 19.8. The van der Waals surface area contributed by atoms with Gasteiger partial charge >= 0.3 is 5.97 Å². The molecule has 0 radical (unpaired) electrons. The first-order chi connectivity index (χ1) is 14.9. The predicted molar refractivity (Wildman–Crippen MR) is 123 cm³/mol. The van der Waals surface area contributed by atoms with Crippen molar-refractivity contribution in [1.82, 2.24) is 0 Å². The van der Waals surface area contributed by atoms with Crippen LogP contribution in [0, 0.1) is 5.92 Å². The quantitative estimate of drug-likeness (QED) is 0.291. The van der Waals surface area contributed by atoms with Gasteiger partial charge in [0.15, 0.2) is 5.60 Å². The highest BCUT2D eigenvalue weighted by Crippen LogP contribution is 2.49. The zero-order valence-electron chi connectivity index (χ0n) is 19.8. The van der Waals surface area contributed by atoms with E-state index in [9.17, 15) is 23.8 Å². The summed E-state index contributed by atoms with van der Waals surface area (Å²) in [6, 6.07) is 1.55. The number of aromatic hydroxyl groups is 1. The molecule has 0 saturated heterocycles. The molecule has 2 atom stereocenters. The smallest absolute Gasteiger partial charge is 0.339 e. The average molecular weight is 451 g/mol. The Kier molecular flexibility index (Phi) is 8.49. The van der Waals surface area contributed by atoms with E-state index in [2.05, 4.69) is 6.58 Å². The predicted octanol–water partition coefficient (Wildman–Crippen LogP) is 7.26. The van der Waals surface area contributed by atoms with Crippen molar-refractivity contribution in [2.75, 3.05) is 0 Å². The molecule has 1 aliphatic carbocycles. The van der Waals surface area contributed by atoms with Crippen molar-refractivity contribution in [3.8, 4) is 11.5 Å². The molecule has 178 valence electrons. The number of halogens is 2. The topological polar surface area (TPSA) is 66.8 Å². The van der Waals surface area contributed by atoms with Crippen LogP contribution >= 0.6 is 0 Å². The number of carboxylic acids is 1.